The van der Waals surface area contributed by atoms with Gasteiger partial charge in [0.05, 0.1) is 19.6 Å². The van der Waals surface area contributed by atoms with Gasteiger partial charge in [-0.15, -0.1) is 0 Å². The first-order valence-electron chi connectivity index (χ1n) is 32.8. The highest BCUT2D eigenvalue weighted by molar-refractivity contribution is 5.90. The summed E-state index contributed by atoms with van der Waals surface area (Å²) < 4.78 is 0. The monoisotopic (exact) mass is 1330 g/mol. The second-order valence-corrected chi connectivity index (χ2v) is 24.7. The van der Waals surface area contributed by atoms with Gasteiger partial charge < -0.3 is 73.0 Å². The Labute approximate surface area is 553 Å². The molecule has 7 amide bonds. The molecule has 0 radical (unpaired) electrons. The number of unbranched alkanes of at least 4 members (excludes halogenated alkanes) is 2. The highest BCUT2D eigenvalue weighted by Gasteiger charge is 2.32. The predicted molar refractivity (Wildman–Crippen MR) is 348 cm³/mol. The van der Waals surface area contributed by atoms with E-state index < -0.39 is 103 Å². The number of nitrogens with zero attached hydrogens (tertiary/aromatic N) is 4. The molecule has 95 heavy (non-hydrogen) atoms. The summed E-state index contributed by atoms with van der Waals surface area (Å²) in [6.45, 7) is 3.51. The number of hydrogen-bond donors (Lipinski definition) is 14. The van der Waals surface area contributed by atoms with Crippen molar-refractivity contribution in [1.29, 1.82) is 0 Å². The Hall–Kier alpha value is -8.35. The van der Waals surface area contributed by atoms with Crippen LogP contribution in [-0.4, -0.2) is 249 Å². The van der Waals surface area contributed by atoms with E-state index in [1.807, 2.05) is 73.7 Å². The number of carboxylic acids is 5. The molecule has 4 unspecified atom stereocenters. The lowest BCUT2D eigenvalue weighted by Gasteiger charge is -2.33. The molecule has 3 aromatic carbocycles. The van der Waals surface area contributed by atoms with Crippen molar-refractivity contribution < 1.29 is 88.5 Å². The van der Waals surface area contributed by atoms with Crippen LogP contribution >= 0.6 is 0 Å². The second-order valence-electron chi connectivity index (χ2n) is 24.7. The van der Waals surface area contributed by atoms with Crippen molar-refractivity contribution in [3.63, 3.8) is 0 Å². The molecule has 29 heteroatoms. The van der Waals surface area contributed by atoms with Gasteiger partial charge in [0.25, 0.3) is 0 Å². The summed E-state index contributed by atoms with van der Waals surface area (Å²) in [5.41, 5.74) is 3.08. The van der Waals surface area contributed by atoms with E-state index in [0.29, 0.717) is 57.9 Å². The molecule has 5 rings (SSSR count). The van der Waals surface area contributed by atoms with Gasteiger partial charge in [0.1, 0.15) is 24.2 Å². The van der Waals surface area contributed by atoms with Crippen molar-refractivity contribution in [3.05, 3.63) is 83.4 Å². The third kappa shape index (κ3) is 30.7. The molecular formula is C66H97N11O18. The molecule has 14 N–H and O–H groups in total. The largest absolute Gasteiger partial charge is 0.481 e. The number of nitrogens with one attached hydrogen (secondary N) is 7. The number of rotatable bonds is 38. The summed E-state index contributed by atoms with van der Waals surface area (Å²) in [6, 6.07) is 15.5. The van der Waals surface area contributed by atoms with Gasteiger partial charge in [0, 0.05) is 104 Å². The molecule has 0 spiro atoms. The van der Waals surface area contributed by atoms with Gasteiger partial charge in [0.15, 0.2) is 6.29 Å². The maximum atomic E-state index is 14.2. The van der Waals surface area contributed by atoms with Crippen molar-refractivity contribution in [2.75, 3.05) is 98.2 Å². The van der Waals surface area contributed by atoms with Crippen molar-refractivity contribution in [2.45, 2.75) is 140 Å². The van der Waals surface area contributed by atoms with Crippen LogP contribution in [0.25, 0.3) is 10.8 Å². The van der Waals surface area contributed by atoms with E-state index >= 15 is 0 Å². The Morgan fingerprint density at radius 3 is 1.58 bits per heavy atom. The van der Waals surface area contributed by atoms with Crippen molar-refractivity contribution in [1.82, 2.24) is 56.8 Å². The first-order chi connectivity index (χ1) is 45.4. The molecule has 2 fully saturated rings. The zero-order valence-electron chi connectivity index (χ0n) is 54.2. The van der Waals surface area contributed by atoms with Crippen LogP contribution in [0.1, 0.15) is 107 Å². The molecule has 3 aromatic rings. The topological polar surface area (TPSA) is 427 Å². The van der Waals surface area contributed by atoms with Crippen LogP contribution in [0.3, 0.4) is 0 Å². The SMILES string of the molecule is Cc1ccc(CCCC(=O)NCCCCC(NC(=O)CN2CCN(CC(=O)O)CCN(CC(=O)O)CCN(CC(O)O)CC2)C(=O)NCC2CCC(C(=O)NC(Cc3ccc4ccccc4c3)C(=O)NCCCCC(NC(=O)NC(CCC(=O)O)C(=O)O)C(=O)O)CC2)cc1. The molecule has 524 valence electrons. The predicted octanol–water partition coefficient (Wildman–Crippen LogP) is 0.951. The molecule has 0 aromatic heterocycles. The van der Waals surface area contributed by atoms with Crippen LogP contribution in [0.4, 0.5) is 4.79 Å². The highest BCUT2D eigenvalue weighted by Crippen LogP contribution is 2.29. The van der Waals surface area contributed by atoms with Crippen LogP contribution in [0.2, 0.25) is 0 Å². The number of urea groups is 1. The Morgan fingerprint density at radius 1 is 0.484 bits per heavy atom. The molecule has 1 saturated heterocycles. The molecule has 1 heterocycles. The van der Waals surface area contributed by atoms with Crippen LogP contribution in [0.15, 0.2) is 66.7 Å². The summed E-state index contributed by atoms with van der Waals surface area (Å²) in [5.74, 6) is -8.64. The van der Waals surface area contributed by atoms with E-state index in [-0.39, 0.29) is 141 Å². The quantitative estimate of drug-likeness (QED) is 0.0280. The van der Waals surface area contributed by atoms with Gasteiger partial charge in [-0.05, 0) is 118 Å². The molecule has 1 saturated carbocycles. The summed E-state index contributed by atoms with van der Waals surface area (Å²) >= 11 is 0. The number of aliphatic hydroxyl groups excluding tert-OH is 1. The van der Waals surface area contributed by atoms with Gasteiger partial charge in [-0.2, -0.15) is 0 Å². The maximum absolute atomic E-state index is 14.2. The summed E-state index contributed by atoms with van der Waals surface area (Å²) in [6.07, 6.45) is 2.82. The lowest BCUT2D eigenvalue weighted by Crippen LogP contribution is -2.52. The van der Waals surface area contributed by atoms with Crippen LogP contribution in [0, 0.1) is 18.8 Å². The Balaban J connectivity index is 1.19. The zero-order chi connectivity index (χ0) is 69.2. The van der Waals surface area contributed by atoms with Crippen molar-refractivity contribution in [2.24, 2.45) is 11.8 Å². The Bertz CT molecular complexity index is 3000. The van der Waals surface area contributed by atoms with Gasteiger partial charge in [-0.25, -0.2) is 14.4 Å². The van der Waals surface area contributed by atoms with Gasteiger partial charge in [0.2, 0.25) is 29.5 Å². The zero-order valence-corrected chi connectivity index (χ0v) is 54.2. The third-order valence-corrected chi connectivity index (χ3v) is 17.1. The summed E-state index contributed by atoms with van der Waals surface area (Å²) in [5, 5.41) is 88.1. The number of fused-ring (bicyclic) bond motifs is 1. The smallest absolute Gasteiger partial charge is 0.326 e. The van der Waals surface area contributed by atoms with E-state index in [2.05, 4.69) is 37.2 Å². The lowest BCUT2D eigenvalue weighted by atomic mass is 9.81. The number of carbonyl (C=O) groups excluding carboxylic acids is 6. The second kappa shape index (κ2) is 41.5. The Kier molecular flexibility index (Phi) is 33.8. The Morgan fingerprint density at radius 2 is 1.01 bits per heavy atom. The fourth-order valence-electron chi connectivity index (χ4n) is 11.6. The van der Waals surface area contributed by atoms with E-state index in [1.165, 1.54) is 0 Å². The van der Waals surface area contributed by atoms with Crippen LogP contribution in [-0.2, 0) is 60.8 Å². The summed E-state index contributed by atoms with van der Waals surface area (Å²) in [4.78, 5) is 147. The summed E-state index contributed by atoms with van der Waals surface area (Å²) in [7, 11) is 0. The minimum Gasteiger partial charge on any atom is -0.481 e. The molecule has 4 atom stereocenters. The number of hydrogen-bond acceptors (Lipinski definition) is 17. The van der Waals surface area contributed by atoms with E-state index in [4.69, 9.17) is 5.11 Å². The van der Waals surface area contributed by atoms with Crippen molar-refractivity contribution >= 4 is 76.2 Å². The first-order valence-corrected chi connectivity index (χ1v) is 32.8. The fraction of sp³-hybridized carbons (Fsp3) is 0.591. The molecule has 0 bridgehead atoms. The standard InChI is InChI=1S/C66H97N11O18/c1-44-15-17-45(18-16-44)9-8-14-55(78)67-27-6-4-12-51(70-56(79)40-74-29-31-75(41-58(82)83)33-35-77(43-60(86)87)36-34-76(32-30-74)42-59(84)85)62(89)69-39-46-19-23-49(24-20-46)61(88)71-54(38-47-21-22-48-10-2-3-11-50(48)37-47)63(90)68-28-7-5-13-52(64(91)92)72-66(95)73-53(65(93)94)25-26-57(80)81/h2-3,10-11,15-18,21-22,37,46,49,51-54,58,82-83H,4-9,12-14,19-20,23-36,38-43H2,1H3,(H,67,78)(H,68,90)(H,69,89)(H,70,79)(H,71,88)(H,80,81)(H,84,85)(H,86,87)(H,91,92)(H,93,94)(H2,72,73,95). The lowest BCUT2D eigenvalue weighted by molar-refractivity contribution is -0.141. The number of aryl methyl sites for hydroxylation is 2. The number of β-amino-alcohol motifs (C(OH)–C–C–N with tert-alkyl or cyclic N) is 2. The fourth-order valence-corrected chi connectivity index (χ4v) is 11.6. The molecule has 1 aliphatic carbocycles. The minimum absolute atomic E-state index is 0.0410. The first kappa shape index (κ1) is 77.4. The number of aliphatic hydroxyl groups is 2. The average Bonchev–Trinajstić information content (AvgIpc) is 0.876. The number of benzene rings is 3. The maximum Gasteiger partial charge on any atom is 0.326 e. The molecule has 2 aliphatic rings. The molecule has 29 nitrogen and oxygen atoms in total. The van der Waals surface area contributed by atoms with Gasteiger partial charge in [-0.3, -0.25) is 58.0 Å². The van der Waals surface area contributed by atoms with E-state index in [1.54, 1.807) is 19.6 Å². The normalized spacial score (nSPS) is 17.5. The van der Waals surface area contributed by atoms with E-state index in [9.17, 15) is 83.4 Å². The van der Waals surface area contributed by atoms with Crippen molar-refractivity contribution in [3.8, 4) is 0 Å². The van der Waals surface area contributed by atoms with Crippen LogP contribution < -0.4 is 37.2 Å². The van der Waals surface area contributed by atoms with Gasteiger partial charge >= 0.3 is 35.9 Å². The number of carboxylic acid groups (broad SMARTS) is 5. The number of aliphatic carboxylic acids is 5. The molecular weight excluding hydrogens is 1230 g/mol. The number of amides is 7. The highest BCUT2D eigenvalue weighted by atomic mass is 16.5. The van der Waals surface area contributed by atoms with Crippen LogP contribution in [0.5, 0.6) is 0 Å². The number of carbonyl (C=O) groups is 11. The minimum atomic E-state index is -1.69. The third-order valence-electron chi connectivity index (χ3n) is 17.1. The average molecular weight is 1330 g/mol. The molecule has 1 aliphatic heterocycles. The van der Waals surface area contributed by atoms with E-state index in [0.717, 1.165) is 33.9 Å². The van der Waals surface area contributed by atoms with Gasteiger partial charge in [-0.1, -0.05) is 72.3 Å².